The first-order valence-corrected chi connectivity index (χ1v) is 9.53. The third-order valence-electron chi connectivity index (χ3n) is 5.47. The van der Waals surface area contributed by atoms with Crippen molar-refractivity contribution in [3.05, 3.63) is 39.4 Å². The zero-order valence-corrected chi connectivity index (χ0v) is 17.0. The first-order chi connectivity index (χ1) is 13.6. The van der Waals surface area contributed by atoms with E-state index in [0.29, 0.717) is 11.8 Å². The van der Waals surface area contributed by atoms with Gasteiger partial charge in [-0.25, -0.2) is 9.59 Å². The maximum absolute atomic E-state index is 12.5. The van der Waals surface area contributed by atoms with Crippen LogP contribution in [0, 0.1) is 22.0 Å². The summed E-state index contributed by atoms with van der Waals surface area (Å²) in [4.78, 5) is 47.0. The second-order valence-corrected chi connectivity index (χ2v) is 7.45. The van der Waals surface area contributed by atoms with Gasteiger partial charge in [-0.1, -0.05) is 26.7 Å². The summed E-state index contributed by atoms with van der Waals surface area (Å²) < 4.78 is 9.73. The molecular formula is C20H26N2O7. The highest BCUT2D eigenvalue weighted by Gasteiger charge is 2.30. The second-order valence-electron chi connectivity index (χ2n) is 7.45. The predicted molar refractivity (Wildman–Crippen MR) is 103 cm³/mol. The van der Waals surface area contributed by atoms with E-state index in [4.69, 9.17) is 4.74 Å². The Morgan fingerprint density at radius 2 is 1.76 bits per heavy atom. The lowest BCUT2D eigenvalue weighted by Crippen LogP contribution is -2.47. The number of amides is 1. The monoisotopic (exact) mass is 406 g/mol. The summed E-state index contributed by atoms with van der Waals surface area (Å²) in [5.74, 6) is -1.38. The van der Waals surface area contributed by atoms with Gasteiger partial charge in [0.1, 0.15) is 0 Å². The van der Waals surface area contributed by atoms with Crippen LogP contribution in [0.25, 0.3) is 0 Å². The van der Waals surface area contributed by atoms with Crippen LogP contribution < -0.4 is 5.32 Å². The Hall–Kier alpha value is -2.97. The lowest BCUT2D eigenvalue weighted by atomic mass is 9.78. The first-order valence-electron chi connectivity index (χ1n) is 9.53. The van der Waals surface area contributed by atoms with E-state index in [-0.39, 0.29) is 17.2 Å². The SMILES string of the molecule is COC(=O)c1cc(C(=O)O[C@H](C)C(=O)N[C@@H]2CCC[C@@H](C)[C@H]2C)cc([N+](=O)[O-])c1. The number of non-ortho nitro benzene ring substituents is 1. The second kappa shape index (κ2) is 9.49. The molecule has 158 valence electrons. The highest BCUT2D eigenvalue weighted by molar-refractivity contribution is 5.97. The predicted octanol–water partition coefficient (Wildman–Crippen LogP) is 2.87. The molecule has 4 atom stereocenters. The van der Waals surface area contributed by atoms with Crippen molar-refractivity contribution in [3.8, 4) is 0 Å². The molecule has 29 heavy (non-hydrogen) atoms. The number of carbonyl (C=O) groups is 3. The Morgan fingerprint density at radius 1 is 1.14 bits per heavy atom. The van der Waals surface area contributed by atoms with Crippen LogP contribution in [0.2, 0.25) is 0 Å². The van der Waals surface area contributed by atoms with Crippen molar-refractivity contribution in [1.29, 1.82) is 0 Å². The van der Waals surface area contributed by atoms with Crippen LogP contribution in [0.1, 0.15) is 60.7 Å². The maximum Gasteiger partial charge on any atom is 0.339 e. The van der Waals surface area contributed by atoms with Crippen molar-refractivity contribution in [1.82, 2.24) is 5.32 Å². The highest BCUT2D eigenvalue weighted by atomic mass is 16.6. The molecule has 0 aromatic heterocycles. The summed E-state index contributed by atoms with van der Waals surface area (Å²) in [6.07, 6.45) is 1.92. The van der Waals surface area contributed by atoms with E-state index in [0.717, 1.165) is 44.6 Å². The van der Waals surface area contributed by atoms with Crippen molar-refractivity contribution in [2.75, 3.05) is 7.11 Å². The van der Waals surface area contributed by atoms with Crippen molar-refractivity contribution >= 4 is 23.5 Å². The Kier molecular flexibility index (Phi) is 7.30. The van der Waals surface area contributed by atoms with Crippen molar-refractivity contribution in [3.63, 3.8) is 0 Å². The van der Waals surface area contributed by atoms with E-state index in [1.807, 2.05) is 0 Å². The summed E-state index contributed by atoms with van der Waals surface area (Å²) in [7, 11) is 1.12. The summed E-state index contributed by atoms with van der Waals surface area (Å²) in [5, 5.41) is 14.0. The zero-order valence-electron chi connectivity index (χ0n) is 17.0. The Bertz CT molecular complexity index is 808. The topological polar surface area (TPSA) is 125 Å². The van der Waals surface area contributed by atoms with E-state index in [1.165, 1.54) is 6.92 Å². The Morgan fingerprint density at radius 3 is 2.34 bits per heavy atom. The molecule has 1 amide bonds. The van der Waals surface area contributed by atoms with Crippen molar-refractivity contribution < 1.29 is 28.8 Å². The van der Waals surface area contributed by atoms with E-state index in [9.17, 15) is 24.5 Å². The normalized spacial score (nSPS) is 22.3. The van der Waals surface area contributed by atoms with Crippen LogP contribution >= 0.6 is 0 Å². The van der Waals surface area contributed by atoms with E-state index in [1.54, 1.807) is 0 Å². The van der Waals surface area contributed by atoms with Crippen LogP contribution in [0.3, 0.4) is 0 Å². The molecule has 0 bridgehead atoms. The van der Waals surface area contributed by atoms with Gasteiger partial charge in [-0.3, -0.25) is 14.9 Å². The van der Waals surface area contributed by atoms with Gasteiger partial charge in [0, 0.05) is 18.2 Å². The lowest BCUT2D eigenvalue weighted by molar-refractivity contribution is -0.384. The number of hydrogen-bond donors (Lipinski definition) is 1. The standard InChI is InChI=1S/C20H26N2O7/c1-11-6-5-7-17(12(11)2)21-18(23)13(3)29-20(25)15-8-14(19(24)28-4)9-16(10-15)22(26)27/h8-13,17H,5-7H2,1-4H3,(H,21,23)/t11-,12-,13-,17-/m1/s1. The summed E-state index contributed by atoms with van der Waals surface area (Å²) in [5.41, 5.74) is -0.823. The Labute approximate surface area is 168 Å². The van der Waals surface area contributed by atoms with Crippen molar-refractivity contribution in [2.45, 2.75) is 52.2 Å². The molecule has 1 aliphatic carbocycles. The van der Waals surface area contributed by atoms with Crippen LogP contribution in [0.15, 0.2) is 18.2 Å². The van der Waals surface area contributed by atoms with Gasteiger partial charge in [-0.2, -0.15) is 0 Å². The minimum atomic E-state index is -1.09. The van der Waals surface area contributed by atoms with Gasteiger partial charge in [0.05, 0.1) is 23.2 Å². The fraction of sp³-hybridized carbons (Fsp3) is 0.550. The number of carbonyl (C=O) groups excluding carboxylic acids is 3. The van der Waals surface area contributed by atoms with Gasteiger partial charge < -0.3 is 14.8 Å². The fourth-order valence-corrected chi connectivity index (χ4v) is 3.44. The van der Waals surface area contributed by atoms with Gasteiger partial charge in [0.2, 0.25) is 0 Å². The largest absolute Gasteiger partial charge is 0.465 e. The molecule has 9 heteroatoms. The van der Waals surface area contributed by atoms with Crippen LogP contribution in [0.4, 0.5) is 5.69 Å². The van der Waals surface area contributed by atoms with E-state index in [2.05, 4.69) is 23.9 Å². The molecule has 0 aliphatic heterocycles. The highest BCUT2D eigenvalue weighted by Crippen LogP contribution is 2.29. The number of hydrogen-bond acceptors (Lipinski definition) is 7. The number of nitro benzene ring substituents is 1. The number of benzene rings is 1. The molecule has 0 spiro atoms. The third kappa shape index (κ3) is 5.52. The minimum absolute atomic E-state index is 0.0103. The molecular weight excluding hydrogens is 380 g/mol. The fourth-order valence-electron chi connectivity index (χ4n) is 3.44. The molecule has 1 N–H and O–H groups in total. The zero-order chi connectivity index (χ0) is 21.7. The Balaban J connectivity index is 2.10. The first kappa shape index (κ1) is 22.3. The van der Waals surface area contributed by atoms with Crippen LogP contribution in [0.5, 0.6) is 0 Å². The number of methoxy groups -OCH3 is 1. The summed E-state index contributed by atoms with van der Waals surface area (Å²) in [6, 6.07) is 3.14. The van der Waals surface area contributed by atoms with Crippen molar-refractivity contribution in [2.24, 2.45) is 11.8 Å². The molecule has 9 nitrogen and oxygen atoms in total. The number of nitro groups is 1. The molecule has 1 saturated carbocycles. The average molecular weight is 406 g/mol. The number of nitrogens with one attached hydrogen (secondary N) is 1. The number of nitrogens with zero attached hydrogens (tertiary/aromatic N) is 1. The number of ether oxygens (including phenoxy) is 2. The lowest BCUT2D eigenvalue weighted by Gasteiger charge is -2.35. The average Bonchev–Trinajstić information content (AvgIpc) is 2.70. The molecule has 0 unspecified atom stereocenters. The van der Waals surface area contributed by atoms with Crippen LogP contribution in [-0.2, 0) is 14.3 Å². The third-order valence-corrected chi connectivity index (χ3v) is 5.47. The molecule has 1 fully saturated rings. The molecule has 2 rings (SSSR count). The van der Waals surface area contributed by atoms with E-state index < -0.39 is 34.6 Å². The smallest absolute Gasteiger partial charge is 0.339 e. The quantitative estimate of drug-likeness (QED) is 0.437. The van der Waals surface area contributed by atoms with Gasteiger partial charge in [0.25, 0.3) is 11.6 Å². The van der Waals surface area contributed by atoms with Gasteiger partial charge >= 0.3 is 11.9 Å². The van der Waals surface area contributed by atoms with Gasteiger partial charge in [0.15, 0.2) is 6.10 Å². The maximum atomic E-state index is 12.5. The van der Waals surface area contributed by atoms with Gasteiger partial charge in [-0.05, 0) is 31.2 Å². The molecule has 0 radical (unpaired) electrons. The number of rotatable bonds is 6. The molecule has 0 heterocycles. The van der Waals surface area contributed by atoms with E-state index >= 15 is 0 Å². The summed E-state index contributed by atoms with van der Waals surface area (Å²) in [6.45, 7) is 5.67. The summed E-state index contributed by atoms with van der Waals surface area (Å²) >= 11 is 0. The molecule has 1 aliphatic rings. The number of esters is 2. The minimum Gasteiger partial charge on any atom is -0.465 e. The molecule has 1 aromatic carbocycles. The molecule has 1 aromatic rings. The van der Waals surface area contributed by atoms with Crippen LogP contribution in [-0.4, -0.2) is 42.0 Å². The van der Waals surface area contributed by atoms with Gasteiger partial charge in [-0.15, -0.1) is 0 Å². The molecule has 0 saturated heterocycles.